The van der Waals surface area contributed by atoms with E-state index in [1.165, 1.54) is 0 Å². The van der Waals surface area contributed by atoms with E-state index in [4.69, 9.17) is 23.2 Å². The van der Waals surface area contributed by atoms with Crippen molar-refractivity contribution >= 4 is 39.1 Å². The Kier molecular flexibility index (Phi) is 5.01. The number of sulfonamides is 1. The molecule has 1 atom stereocenters. The van der Waals surface area contributed by atoms with Crippen LogP contribution in [0.4, 0.5) is 0 Å². The first-order chi connectivity index (χ1) is 8.19. The van der Waals surface area contributed by atoms with Crippen molar-refractivity contribution in [3.8, 4) is 0 Å². The van der Waals surface area contributed by atoms with Crippen molar-refractivity contribution in [2.45, 2.75) is 13.3 Å². The third-order valence-electron chi connectivity index (χ3n) is 2.27. The molecule has 0 spiro atoms. The predicted molar refractivity (Wildman–Crippen MR) is 72.3 cm³/mol. The van der Waals surface area contributed by atoms with Crippen molar-refractivity contribution in [1.82, 2.24) is 4.72 Å². The molecule has 0 unspecified atom stereocenters. The maximum atomic E-state index is 11.6. The first kappa shape index (κ1) is 15.3. The van der Waals surface area contributed by atoms with Gasteiger partial charge in [0.25, 0.3) is 0 Å². The number of carbonyl (C=O) groups excluding carboxylic acids is 1. The van der Waals surface area contributed by atoms with Gasteiger partial charge in [-0.15, -0.1) is 0 Å². The summed E-state index contributed by atoms with van der Waals surface area (Å²) in [4.78, 5) is 11.6. The zero-order chi connectivity index (χ0) is 13.9. The molecule has 7 heteroatoms. The van der Waals surface area contributed by atoms with Gasteiger partial charge in [-0.05, 0) is 24.1 Å². The minimum Gasteiger partial charge on any atom is -0.274 e. The van der Waals surface area contributed by atoms with E-state index in [1.54, 1.807) is 25.1 Å². The van der Waals surface area contributed by atoms with Crippen LogP contribution in [0.25, 0.3) is 0 Å². The second-order valence-corrected chi connectivity index (χ2v) is 6.67. The molecule has 1 aromatic rings. The Balaban J connectivity index is 2.75. The molecule has 0 aliphatic rings. The molecular formula is C11H13Cl2NO3S. The Morgan fingerprint density at radius 1 is 1.39 bits per heavy atom. The first-order valence-corrected chi connectivity index (χ1v) is 7.79. The van der Waals surface area contributed by atoms with Crippen LogP contribution in [-0.4, -0.2) is 20.6 Å². The average molecular weight is 310 g/mol. The van der Waals surface area contributed by atoms with Gasteiger partial charge in [-0.2, -0.15) is 0 Å². The maximum Gasteiger partial charge on any atom is 0.236 e. The van der Waals surface area contributed by atoms with Gasteiger partial charge in [0.2, 0.25) is 15.9 Å². The van der Waals surface area contributed by atoms with Gasteiger partial charge >= 0.3 is 0 Å². The highest BCUT2D eigenvalue weighted by Gasteiger charge is 2.18. The van der Waals surface area contributed by atoms with Gasteiger partial charge in [0, 0.05) is 16.0 Å². The minimum absolute atomic E-state index is 0.345. The second kappa shape index (κ2) is 5.91. The van der Waals surface area contributed by atoms with Crippen LogP contribution < -0.4 is 4.72 Å². The molecule has 1 aromatic carbocycles. The average Bonchev–Trinajstić information content (AvgIpc) is 2.19. The third kappa shape index (κ3) is 4.84. The van der Waals surface area contributed by atoms with Gasteiger partial charge in [-0.1, -0.05) is 36.2 Å². The highest BCUT2D eigenvalue weighted by Crippen LogP contribution is 2.23. The number of amides is 1. The van der Waals surface area contributed by atoms with Crippen molar-refractivity contribution < 1.29 is 13.2 Å². The summed E-state index contributed by atoms with van der Waals surface area (Å²) in [6.07, 6.45) is 1.28. The summed E-state index contributed by atoms with van der Waals surface area (Å²) in [6.45, 7) is 1.63. The number of rotatable bonds is 4. The maximum absolute atomic E-state index is 11.6. The van der Waals surface area contributed by atoms with E-state index in [2.05, 4.69) is 0 Å². The summed E-state index contributed by atoms with van der Waals surface area (Å²) in [5.74, 6) is -1.05. The fraction of sp³-hybridized carbons (Fsp3) is 0.364. The largest absolute Gasteiger partial charge is 0.274 e. The molecule has 0 saturated carbocycles. The molecule has 100 valence electrons. The second-order valence-electron chi connectivity index (χ2n) is 4.08. The van der Waals surface area contributed by atoms with E-state index < -0.39 is 21.8 Å². The number of hydrogen-bond acceptors (Lipinski definition) is 3. The first-order valence-electron chi connectivity index (χ1n) is 5.14. The van der Waals surface area contributed by atoms with Crippen LogP contribution in [0.2, 0.25) is 10.0 Å². The molecule has 0 bridgehead atoms. The molecule has 1 N–H and O–H groups in total. The fourth-order valence-electron chi connectivity index (χ4n) is 1.39. The van der Waals surface area contributed by atoms with E-state index >= 15 is 0 Å². The van der Waals surface area contributed by atoms with Gasteiger partial charge in [0.15, 0.2) is 0 Å². The molecule has 0 aromatic heterocycles. The summed E-state index contributed by atoms with van der Waals surface area (Å²) in [5.41, 5.74) is 0.747. The molecule has 18 heavy (non-hydrogen) atoms. The lowest BCUT2D eigenvalue weighted by molar-refractivity contribution is -0.122. The van der Waals surface area contributed by atoms with E-state index in [0.717, 1.165) is 11.8 Å². The lowest BCUT2D eigenvalue weighted by atomic mass is 10.0. The van der Waals surface area contributed by atoms with Crippen LogP contribution in [0.15, 0.2) is 18.2 Å². The highest BCUT2D eigenvalue weighted by atomic mass is 35.5. The summed E-state index contributed by atoms with van der Waals surface area (Å²) in [6, 6.07) is 4.97. The van der Waals surface area contributed by atoms with Crippen LogP contribution >= 0.6 is 23.2 Å². The van der Waals surface area contributed by atoms with Gasteiger partial charge in [-0.3, -0.25) is 9.52 Å². The van der Waals surface area contributed by atoms with Crippen LogP contribution in [0.5, 0.6) is 0 Å². The molecular weight excluding hydrogens is 297 g/mol. The number of benzene rings is 1. The summed E-state index contributed by atoms with van der Waals surface area (Å²) in [7, 11) is -3.53. The zero-order valence-electron chi connectivity index (χ0n) is 9.91. The number of hydrogen-bond donors (Lipinski definition) is 1. The third-order valence-corrected chi connectivity index (χ3v) is 3.43. The molecule has 0 radical (unpaired) electrons. The van der Waals surface area contributed by atoms with Crippen LogP contribution in [0.1, 0.15) is 12.5 Å². The standard InChI is InChI=1S/C11H13Cl2NO3S/c1-7(11(15)14-18(2,16)17)5-8-3-4-9(12)6-10(8)13/h3-4,6-7H,5H2,1-2H3,(H,14,15)/t7-/m1/s1. The Bertz CT molecular complexity index is 557. The highest BCUT2D eigenvalue weighted by molar-refractivity contribution is 7.89. The molecule has 0 aliphatic carbocycles. The van der Waals surface area contributed by atoms with Crippen LogP contribution in [0, 0.1) is 5.92 Å². The zero-order valence-corrected chi connectivity index (χ0v) is 12.2. The number of nitrogens with one attached hydrogen (secondary N) is 1. The summed E-state index contributed by atoms with van der Waals surface area (Å²) in [5, 5.41) is 0.971. The Morgan fingerprint density at radius 2 is 2.00 bits per heavy atom. The molecule has 0 saturated heterocycles. The number of halogens is 2. The lowest BCUT2D eigenvalue weighted by Gasteiger charge is -2.12. The lowest BCUT2D eigenvalue weighted by Crippen LogP contribution is -2.34. The molecule has 1 rings (SSSR count). The summed E-state index contributed by atoms with van der Waals surface area (Å²) >= 11 is 11.7. The monoisotopic (exact) mass is 309 g/mol. The fourth-order valence-corrected chi connectivity index (χ4v) is 2.45. The Hall–Kier alpha value is -0.780. The molecule has 1 amide bonds. The van der Waals surface area contributed by atoms with Crippen molar-refractivity contribution in [3.63, 3.8) is 0 Å². The smallest absolute Gasteiger partial charge is 0.236 e. The van der Waals surface area contributed by atoms with Crippen LogP contribution in [0.3, 0.4) is 0 Å². The Morgan fingerprint density at radius 3 is 2.50 bits per heavy atom. The van der Waals surface area contributed by atoms with E-state index in [9.17, 15) is 13.2 Å². The summed E-state index contributed by atoms with van der Waals surface area (Å²) < 4.78 is 23.8. The molecule has 4 nitrogen and oxygen atoms in total. The van der Waals surface area contributed by atoms with Gasteiger partial charge in [0.05, 0.1) is 6.26 Å². The van der Waals surface area contributed by atoms with Gasteiger partial charge < -0.3 is 0 Å². The van der Waals surface area contributed by atoms with Gasteiger partial charge in [0.1, 0.15) is 0 Å². The van der Waals surface area contributed by atoms with Gasteiger partial charge in [-0.25, -0.2) is 8.42 Å². The van der Waals surface area contributed by atoms with E-state index in [1.807, 2.05) is 4.72 Å². The van der Waals surface area contributed by atoms with E-state index in [-0.39, 0.29) is 0 Å². The SMILES string of the molecule is C[C@H](Cc1ccc(Cl)cc1Cl)C(=O)NS(C)(=O)=O. The van der Waals surface area contributed by atoms with Crippen LogP contribution in [-0.2, 0) is 21.2 Å². The Labute approximate surface area is 116 Å². The van der Waals surface area contributed by atoms with Crippen molar-refractivity contribution in [1.29, 1.82) is 0 Å². The minimum atomic E-state index is -3.53. The molecule has 0 aliphatic heterocycles. The number of carbonyl (C=O) groups is 1. The quantitative estimate of drug-likeness (QED) is 0.928. The van der Waals surface area contributed by atoms with Crippen molar-refractivity contribution in [2.75, 3.05) is 6.26 Å². The molecule has 0 heterocycles. The van der Waals surface area contributed by atoms with E-state index in [0.29, 0.717) is 16.5 Å². The predicted octanol–water partition coefficient (Wildman–Crippen LogP) is 2.25. The van der Waals surface area contributed by atoms with Crippen molar-refractivity contribution in [3.05, 3.63) is 33.8 Å². The molecule has 0 fully saturated rings. The van der Waals surface area contributed by atoms with Crippen molar-refractivity contribution in [2.24, 2.45) is 5.92 Å². The normalized spacial score (nSPS) is 13.1. The topological polar surface area (TPSA) is 63.2 Å².